The second-order valence-corrected chi connectivity index (χ2v) is 3.19. The van der Waals surface area contributed by atoms with E-state index in [4.69, 9.17) is 15.7 Å². The minimum atomic E-state index is -0.212. The lowest BCUT2D eigenvalue weighted by Crippen LogP contribution is -2.13. The van der Waals surface area contributed by atoms with Gasteiger partial charge in [-0.05, 0) is 24.3 Å². The molecule has 0 aliphatic carbocycles. The Hall–Kier alpha value is -2.54. The Labute approximate surface area is 92.2 Å². The van der Waals surface area contributed by atoms with E-state index >= 15 is 0 Å². The third-order valence-electron chi connectivity index (χ3n) is 2.16. The molecule has 0 saturated carbocycles. The van der Waals surface area contributed by atoms with Crippen molar-refractivity contribution in [3.63, 3.8) is 0 Å². The predicted octanol–water partition coefficient (Wildman–Crippen LogP) is 1.51. The number of ketones is 1. The number of hydrogen-bond acceptors (Lipinski definition) is 4. The number of nitrogens with two attached hydrogens (primary N) is 1. The van der Waals surface area contributed by atoms with Gasteiger partial charge in [-0.2, -0.15) is 5.26 Å². The number of fused-ring (bicyclic) bond motifs is 1. The van der Waals surface area contributed by atoms with Crippen LogP contribution in [0.4, 0.5) is 0 Å². The molecule has 0 saturated heterocycles. The molecule has 0 unspecified atom stereocenters. The molecule has 0 bridgehead atoms. The zero-order chi connectivity index (χ0) is 11.5. The minimum Gasteiger partial charge on any atom is -0.439 e. The highest BCUT2D eigenvalue weighted by Gasteiger charge is 2.14. The van der Waals surface area contributed by atoms with Gasteiger partial charge in [0.25, 0.3) is 0 Å². The number of para-hydroxylation sites is 1. The van der Waals surface area contributed by atoms with E-state index in [2.05, 4.69) is 0 Å². The Morgan fingerprint density at radius 3 is 2.75 bits per heavy atom. The second-order valence-electron chi connectivity index (χ2n) is 3.19. The van der Waals surface area contributed by atoms with Crippen molar-refractivity contribution in [1.29, 1.82) is 5.26 Å². The van der Waals surface area contributed by atoms with Crippen LogP contribution in [-0.2, 0) is 0 Å². The van der Waals surface area contributed by atoms with Crippen LogP contribution < -0.4 is 10.5 Å². The van der Waals surface area contributed by atoms with Gasteiger partial charge < -0.3 is 10.5 Å². The molecule has 1 aromatic carbocycles. The molecule has 16 heavy (non-hydrogen) atoms. The van der Waals surface area contributed by atoms with Crippen molar-refractivity contribution in [3.05, 3.63) is 53.4 Å². The lowest BCUT2D eigenvalue weighted by atomic mass is 10.1. The average Bonchev–Trinajstić information content (AvgIpc) is 2.28. The first-order chi connectivity index (χ1) is 7.72. The lowest BCUT2D eigenvalue weighted by molar-refractivity contribution is 0.104. The van der Waals surface area contributed by atoms with Crippen LogP contribution in [0.5, 0.6) is 5.75 Å². The van der Waals surface area contributed by atoms with Crippen molar-refractivity contribution in [1.82, 2.24) is 0 Å². The number of nitriles is 1. The van der Waals surface area contributed by atoms with Gasteiger partial charge >= 0.3 is 0 Å². The normalized spacial score (nSPS) is 14.6. The summed E-state index contributed by atoms with van der Waals surface area (Å²) in [6, 6.07) is 8.61. The Balaban J connectivity index is 2.59. The van der Waals surface area contributed by atoms with Crippen molar-refractivity contribution in [2.24, 2.45) is 5.73 Å². The summed E-state index contributed by atoms with van der Waals surface area (Å²) < 4.78 is 5.27. The quantitative estimate of drug-likeness (QED) is 0.707. The molecule has 1 aliphatic rings. The SMILES string of the molecule is N#CC1=C(N)Oc2ccccc2C(=O)C=C1. The molecule has 0 spiro atoms. The van der Waals surface area contributed by atoms with Gasteiger partial charge in [-0.1, -0.05) is 12.1 Å². The molecule has 0 atom stereocenters. The molecule has 2 rings (SSSR count). The van der Waals surface area contributed by atoms with Crippen LogP contribution in [-0.4, -0.2) is 5.78 Å². The largest absolute Gasteiger partial charge is 0.439 e. The molecule has 1 aliphatic heterocycles. The first-order valence-corrected chi connectivity index (χ1v) is 4.61. The minimum absolute atomic E-state index is 0.00120. The summed E-state index contributed by atoms with van der Waals surface area (Å²) in [5.41, 5.74) is 6.16. The summed E-state index contributed by atoms with van der Waals surface area (Å²) in [4.78, 5) is 11.7. The zero-order valence-corrected chi connectivity index (χ0v) is 8.31. The summed E-state index contributed by atoms with van der Waals surface area (Å²) in [6.07, 6.45) is 2.67. The third kappa shape index (κ3) is 1.66. The van der Waals surface area contributed by atoms with Gasteiger partial charge in [0.2, 0.25) is 5.88 Å². The van der Waals surface area contributed by atoms with Crippen LogP contribution in [0.15, 0.2) is 47.9 Å². The van der Waals surface area contributed by atoms with E-state index in [9.17, 15) is 4.79 Å². The molecule has 2 N–H and O–H groups in total. The van der Waals surface area contributed by atoms with E-state index in [-0.39, 0.29) is 17.2 Å². The van der Waals surface area contributed by atoms with Crippen LogP contribution in [0.3, 0.4) is 0 Å². The van der Waals surface area contributed by atoms with Gasteiger partial charge in [0.05, 0.1) is 5.56 Å². The second kappa shape index (κ2) is 3.91. The predicted molar refractivity (Wildman–Crippen MR) is 57.4 cm³/mol. The number of benzene rings is 1. The van der Waals surface area contributed by atoms with Gasteiger partial charge in [-0.3, -0.25) is 4.79 Å². The summed E-state index contributed by atoms with van der Waals surface area (Å²) >= 11 is 0. The highest BCUT2D eigenvalue weighted by atomic mass is 16.5. The molecule has 4 nitrogen and oxygen atoms in total. The van der Waals surface area contributed by atoms with Crippen LogP contribution >= 0.6 is 0 Å². The average molecular weight is 212 g/mol. The fraction of sp³-hybridized carbons (Fsp3) is 0. The number of nitrogens with zero attached hydrogens (tertiary/aromatic N) is 1. The molecule has 1 heterocycles. The highest BCUT2D eigenvalue weighted by Crippen LogP contribution is 2.23. The third-order valence-corrected chi connectivity index (χ3v) is 2.16. The number of carbonyl (C=O) groups excluding carboxylic acids is 1. The van der Waals surface area contributed by atoms with E-state index < -0.39 is 0 Å². The standard InChI is InChI=1S/C12H8N2O2/c13-7-8-5-6-10(15)9-3-1-2-4-11(9)16-12(8)14/h1-6H,14H2. The van der Waals surface area contributed by atoms with E-state index in [1.165, 1.54) is 12.2 Å². The smallest absolute Gasteiger partial charge is 0.208 e. The molecule has 1 aromatic rings. The van der Waals surface area contributed by atoms with Crippen LogP contribution in [0.2, 0.25) is 0 Å². The van der Waals surface area contributed by atoms with Crippen LogP contribution in [0, 0.1) is 11.3 Å². The lowest BCUT2D eigenvalue weighted by Gasteiger charge is -2.11. The van der Waals surface area contributed by atoms with Crippen molar-refractivity contribution >= 4 is 5.78 Å². The van der Waals surface area contributed by atoms with Crippen LogP contribution in [0.1, 0.15) is 10.4 Å². The monoisotopic (exact) mass is 212 g/mol. The maximum absolute atomic E-state index is 11.7. The van der Waals surface area contributed by atoms with Gasteiger partial charge in [0.15, 0.2) is 5.78 Å². The summed E-state index contributed by atoms with van der Waals surface area (Å²) in [7, 11) is 0. The fourth-order valence-electron chi connectivity index (χ4n) is 1.36. The summed E-state index contributed by atoms with van der Waals surface area (Å²) in [6.45, 7) is 0. The maximum atomic E-state index is 11.7. The van der Waals surface area contributed by atoms with Crippen molar-refractivity contribution < 1.29 is 9.53 Å². The number of allylic oxidation sites excluding steroid dienone is 3. The first kappa shape index (κ1) is 9.99. The number of rotatable bonds is 0. The maximum Gasteiger partial charge on any atom is 0.208 e. The Kier molecular flexibility index (Phi) is 2.44. The molecular weight excluding hydrogens is 204 g/mol. The van der Waals surface area contributed by atoms with Crippen molar-refractivity contribution in [2.45, 2.75) is 0 Å². The highest BCUT2D eigenvalue weighted by molar-refractivity contribution is 6.07. The number of hydrogen-bond donors (Lipinski definition) is 1. The molecule has 0 aromatic heterocycles. The molecular formula is C12H8N2O2. The molecule has 4 heteroatoms. The summed E-state index contributed by atoms with van der Waals surface area (Å²) in [5, 5.41) is 8.78. The molecule has 78 valence electrons. The van der Waals surface area contributed by atoms with Gasteiger partial charge in [-0.25, -0.2) is 0 Å². The summed E-state index contributed by atoms with van der Waals surface area (Å²) in [5.74, 6) is 0.150. The Bertz CT molecular complexity index is 550. The van der Waals surface area contributed by atoms with Gasteiger partial charge in [-0.15, -0.1) is 0 Å². The number of carbonyl (C=O) groups is 1. The van der Waals surface area contributed by atoms with Gasteiger partial charge in [0, 0.05) is 0 Å². The number of ether oxygens (including phenoxy) is 1. The zero-order valence-electron chi connectivity index (χ0n) is 8.31. The first-order valence-electron chi connectivity index (χ1n) is 4.61. The van der Waals surface area contributed by atoms with E-state index in [0.717, 1.165) is 0 Å². The molecule has 0 radical (unpaired) electrons. The van der Waals surface area contributed by atoms with Crippen LogP contribution in [0.25, 0.3) is 0 Å². The van der Waals surface area contributed by atoms with Gasteiger partial charge in [0.1, 0.15) is 17.4 Å². The Morgan fingerprint density at radius 2 is 2.00 bits per heavy atom. The fourth-order valence-corrected chi connectivity index (χ4v) is 1.36. The van der Waals surface area contributed by atoms with Crippen molar-refractivity contribution in [2.75, 3.05) is 0 Å². The van der Waals surface area contributed by atoms with E-state index in [1.54, 1.807) is 24.3 Å². The topological polar surface area (TPSA) is 76.1 Å². The van der Waals surface area contributed by atoms with E-state index in [1.807, 2.05) is 6.07 Å². The van der Waals surface area contributed by atoms with E-state index in [0.29, 0.717) is 11.3 Å². The van der Waals surface area contributed by atoms with Crippen molar-refractivity contribution in [3.8, 4) is 11.8 Å². The Morgan fingerprint density at radius 1 is 1.25 bits per heavy atom. The molecule has 0 amide bonds. The molecule has 0 fully saturated rings.